The number of hydrogen-bond donors (Lipinski definition) is 1. The van der Waals surface area contributed by atoms with Crippen LogP contribution in [0, 0.1) is 0 Å². The van der Waals surface area contributed by atoms with E-state index >= 15 is 0 Å². The van der Waals surface area contributed by atoms with Crippen molar-refractivity contribution in [3.05, 3.63) is 11.8 Å². The summed E-state index contributed by atoms with van der Waals surface area (Å²) in [5.74, 6) is 1.13. The highest BCUT2D eigenvalue weighted by Crippen LogP contribution is 2.17. The highest BCUT2D eigenvalue weighted by Gasteiger charge is 2.03. The van der Waals surface area contributed by atoms with E-state index in [0.717, 1.165) is 18.6 Å². The van der Waals surface area contributed by atoms with Crippen LogP contribution >= 0.6 is 0 Å². The minimum atomic E-state index is 0.567. The van der Waals surface area contributed by atoms with Gasteiger partial charge < -0.3 is 19.9 Å². The molecule has 0 fully saturated rings. The van der Waals surface area contributed by atoms with Crippen molar-refractivity contribution in [3.8, 4) is 0 Å². The average molecular weight is 229 g/mol. The molecule has 0 unspecified atom stereocenters. The maximum atomic E-state index is 5.59. The zero-order valence-electron chi connectivity index (χ0n) is 9.95. The standard InChI is InChI=1S/C12H23NO3/c13-6-7-14-8-9-15-10-11-16-12-4-2-1-3-5-12/h4H,1-3,5-11,13H2. The Labute approximate surface area is 97.7 Å². The lowest BCUT2D eigenvalue weighted by atomic mass is 10.1. The average Bonchev–Trinajstić information content (AvgIpc) is 2.34. The fourth-order valence-corrected chi connectivity index (χ4v) is 1.58. The van der Waals surface area contributed by atoms with Gasteiger partial charge in [0.05, 0.1) is 32.2 Å². The van der Waals surface area contributed by atoms with Crippen LogP contribution in [0.4, 0.5) is 0 Å². The van der Waals surface area contributed by atoms with Crippen molar-refractivity contribution in [1.29, 1.82) is 0 Å². The lowest BCUT2D eigenvalue weighted by Crippen LogP contribution is -2.13. The fraction of sp³-hybridized carbons (Fsp3) is 0.833. The van der Waals surface area contributed by atoms with Crippen molar-refractivity contribution in [2.24, 2.45) is 5.73 Å². The van der Waals surface area contributed by atoms with Gasteiger partial charge in [-0.15, -0.1) is 0 Å². The van der Waals surface area contributed by atoms with Crippen LogP contribution in [0.5, 0.6) is 0 Å². The molecule has 0 spiro atoms. The largest absolute Gasteiger partial charge is 0.496 e. The van der Waals surface area contributed by atoms with Gasteiger partial charge in [-0.1, -0.05) is 0 Å². The normalized spacial score (nSPS) is 15.9. The van der Waals surface area contributed by atoms with Gasteiger partial charge in [0.15, 0.2) is 0 Å². The van der Waals surface area contributed by atoms with Crippen molar-refractivity contribution in [2.45, 2.75) is 25.7 Å². The van der Waals surface area contributed by atoms with Crippen LogP contribution in [0.15, 0.2) is 11.8 Å². The molecule has 0 saturated carbocycles. The maximum absolute atomic E-state index is 5.59. The van der Waals surface area contributed by atoms with Gasteiger partial charge in [0.25, 0.3) is 0 Å². The SMILES string of the molecule is NCCOCCOCCOC1=CCCCC1. The third kappa shape index (κ3) is 6.82. The molecule has 1 rings (SSSR count). The Balaban J connectivity index is 1.82. The van der Waals surface area contributed by atoms with E-state index in [0.29, 0.717) is 39.6 Å². The van der Waals surface area contributed by atoms with E-state index in [1.807, 2.05) is 0 Å². The Bertz CT molecular complexity index is 195. The third-order valence-electron chi connectivity index (χ3n) is 2.40. The summed E-state index contributed by atoms with van der Waals surface area (Å²) in [5, 5.41) is 0. The van der Waals surface area contributed by atoms with Gasteiger partial charge in [0, 0.05) is 13.0 Å². The minimum absolute atomic E-state index is 0.567. The van der Waals surface area contributed by atoms with E-state index in [2.05, 4.69) is 6.08 Å². The molecule has 0 aromatic rings. The van der Waals surface area contributed by atoms with E-state index in [4.69, 9.17) is 19.9 Å². The van der Waals surface area contributed by atoms with Gasteiger partial charge >= 0.3 is 0 Å². The molecule has 16 heavy (non-hydrogen) atoms. The van der Waals surface area contributed by atoms with Gasteiger partial charge in [-0.05, 0) is 25.3 Å². The lowest BCUT2D eigenvalue weighted by Gasteiger charge is -2.14. The molecular formula is C12H23NO3. The third-order valence-corrected chi connectivity index (χ3v) is 2.40. The van der Waals surface area contributed by atoms with Crippen molar-refractivity contribution in [1.82, 2.24) is 0 Å². The Hall–Kier alpha value is -0.580. The molecule has 0 radical (unpaired) electrons. The molecule has 0 amide bonds. The molecular weight excluding hydrogens is 206 g/mol. The Morgan fingerprint density at radius 2 is 1.75 bits per heavy atom. The van der Waals surface area contributed by atoms with Crippen LogP contribution < -0.4 is 5.73 Å². The Morgan fingerprint density at radius 1 is 1.00 bits per heavy atom. The first-order chi connectivity index (χ1) is 7.93. The lowest BCUT2D eigenvalue weighted by molar-refractivity contribution is 0.0276. The molecule has 4 nitrogen and oxygen atoms in total. The zero-order chi connectivity index (χ0) is 11.5. The molecule has 1 aliphatic carbocycles. The summed E-state index contributed by atoms with van der Waals surface area (Å²) in [6.45, 7) is 3.67. The Morgan fingerprint density at radius 3 is 2.44 bits per heavy atom. The summed E-state index contributed by atoms with van der Waals surface area (Å²) in [6.07, 6.45) is 6.97. The number of allylic oxidation sites excluding steroid dienone is 2. The van der Waals surface area contributed by atoms with Crippen LogP contribution in [-0.2, 0) is 14.2 Å². The maximum Gasteiger partial charge on any atom is 0.111 e. The first kappa shape index (κ1) is 13.5. The quantitative estimate of drug-likeness (QED) is 0.608. The highest BCUT2D eigenvalue weighted by atomic mass is 16.5. The molecule has 94 valence electrons. The smallest absolute Gasteiger partial charge is 0.111 e. The van der Waals surface area contributed by atoms with Crippen LogP contribution in [-0.4, -0.2) is 39.6 Å². The van der Waals surface area contributed by atoms with Crippen LogP contribution in [0.1, 0.15) is 25.7 Å². The Kier molecular flexibility index (Phi) is 8.12. The molecule has 0 heterocycles. The molecule has 0 aromatic carbocycles. The van der Waals surface area contributed by atoms with Gasteiger partial charge in [-0.25, -0.2) is 0 Å². The fourth-order valence-electron chi connectivity index (χ4n) is 1.58. The number of rotatable bonds is 9. The summed E-state index contributed by atoms with van der Waals surface area (Å²) in [4.78, 5) is 0. The summed E-state index contributed by atoms with van der Waals surface area (Å²) >= 11 is 0. The predicted octanol–water partition coefficient (Wildman–Crippen LogP) is 1.45. The number of ether oxygens (including phenoxy) is 3. The molecule has 0 aliphatic heterocycles. The second-order valence-corrected chi connectivity index (χ2v) is 3.78. The van der Waals surface area contributed by atoms with E-state index < -0.39 is 0 Å². The van der Waals surface area contributed by atoms with E-state index in [1.165, 1.54) is 12.8 Å². The number of hydrogen-bond acceptors (Lipinski definition) is 4. The molecule has 2 N–H and O–H groups in total. The predicted molar refractivity (Wildman–Crippen MR) is 63.2 cm³/mol. The summed E-state index contributed by atoms with van der Waals surface area (Å²) in [6, 6.07) is 0. The summed E-state index contributed by atoms with van der Waals surface area (Å²) in [7, 11) is 0. The van der Waals surface area contributed by atoms with Crippen molar-refractivity contribution in [3.63, 3.8) is 0 Å². The molecule has 4 heteroatoms. The summed E-state index contributed by atoms with van der Waals surface area (Å²) in [5.41, 5.74) is 5.28. The van der Waals surface area contributed by atoms with Crippen LogP contribution in [0.2, 0.25) is 0 Å². The first-order valence-electron chi connectivity index (χ1n) is 6.11. The molecule has 0 aromatic heterocycles. The van der Waals surface area contributed by atoms with Crippen LogP contribution in [0.25, 0.3) is 0 Å². The molecule has 1 aliphatic rings. The number of nitrogens with two attached hydrogens (primary N) is 1. The van der Waals surface area contributed by atoms with E-state index in [1.54, 1.807) is 0 Å². The molecule has 0 atom stereocenters. The minimum Gasteiger partial charge on any atom is -0.496 e. The highest BCUT2D eigenvalue weighted by molar-refractivity contribution is 4.96. The zero-order valence-corrected chi connectivity index (χ0v) is 9.95. The van der Waals surface area contributed by atoms with E-state index in [9.17, 15) is 0 Å². The van der Waals surface area contributed by atoms with Gasteiger partial charge in [-0.3, -0.25) is 0 Å². The van der Waals surface area contributed by atoms with Gasteiger partial charge in [0.1, 0.15) is 6.61 Å². The van der Waals surface area contributed by atoms with Crippen LogP contribution in [0.3, 0.4) is 0 Å². The van der Waals surface area contributed by atoms with Crippen molar-refractivity contribution < 1.29 is 14.2 Å². The van der Waals surface area contributed by atoms with Crippen molar-refractivity contribution >= 4 is 0 Å². The summed E-state index contributed by atoms with van der Waals surface area (Å²) < 4.78 is 16.1. The first-order valence-corrected chi connectivity index (χ1v) is 6.11. The van der Waals surface area contributed by atoms with E-state index in [-0.39, 0.29) is 0 Å². The monoisotopic (exact) mass is 229 g/mol. The molecule has 0 bridgehead atoms. The van der Waals surface area contributed by atoms with Gasteiger partial charge in [0.2, 0.25) is 0 Å². The van der Waals surface area contributed by atoms with Gasteiger partial charge in [-0.2, -0.15) is 0 Å². The molecule has 0 saturated heterocycles. The topological polar surface area (TPSA) is 53.7 Å². The second kappa shape index (κ2) is 9.63. The van der Waals surface area contributed by atoms with Crippen molar-refractivity contribution in [2.75, 3.05) is 39.6 Å². The second-order valence-electron chi connectivity index (χ2n) is 3.78.